The Balaban J connectivity index is 1.76. The van der Waals surface area contributed by atoms with Gasteiger partial charge in [-0.2, -0.15) is 0 Å². The Kier molecular flexibility index (Phi) is 2.64. The number of ketones is 1. The Morgan fingerprint density at radius 3 is 2.90 bits per heavy atom. The molecule has 0 heterocycles. The number of fused-ring (bicyclic) bond motifs is 5. The zero-order valence-electron chi connectivity index (χ0n) is 12.6. The highest BCUT2D eigenvalue weighted by molar-refractivity contribution is 5.92. The van der Waals surface area contributed by atoms with E-state index in [1.165, 1.54) is 31.3 Å². The molecule has 0 radical (unpaired) electrons. The predicted molar refractivity (Wildman–Crippen MR) is 81.2 cm³/mol. The van der Waals surface area contributed by atoms with Gasteiger partial charge in [0.2, 0.25) is 0 Å². The van der Waals surface area contributed by atoms with Gasteiger partial charge in [-0.25, -0.2) is 0 Å². The van der Waals surface area contributed by atoms with E-state index in [1.54, 1.807) is 11.1 Å². The van der Waals surface area contributed by atoms with Crippen LogP contribution in [-0.4, -0.2) is 5.78 Å². The SMILES string of the molecule is CC1=C2CCC3C(C=CC4=CC(=O)CC[C@@]43C)C2CC1. The average Bonchev–Trinajstić information content (AvgIpc) is 2.82. The molecule has 0 aromatic carbocycles. The van der Waals surface area contributed by atoms with Gasteiger partial charge in [0.1, 0.15) is 0 Å². The van der Waals surface area contributed by atoms with Crippen LogP contribution < -0.4 is 0 Å². The van der Waals surface area contributed by atoms with E-state index in [1.807, 2.05) is 6.08 Å². The molecule has 106 valence electrons. The third-order valence-electron chi connectivity index (χ3n) is 6.66. The first-order valence-electron chi connectivity index (χ1n) is 8.21. The van der Waals surface area contributed by atoms with E-state index in [2.05, 4.69) is 26.0 Å². The second-order valence-corrected chi connectivity index (χ2v) is 7.52. The van der Waals surface area contributed by atoms with Crippen molar-refractivity contribution in [3.05, 3.63) is 34.9 Å². The minimum absolute atomic E-state index is 0.259. The first-order chi connectivity index (χ1) is 9.59. The van der Waals surface area contributed by atoms with Gasteiger partial charge >= 0.3 is 0 Å². The van der Waals surface area contributed by atoms with Crippen molar-refractivity contribution in [3.63, 3.8) is 0 Å². The normalized spacial score (nSPS) is 43.0. The third-order valence-corrected chi connectivity index (χ3v) is 6.66. The van der Waals surface area contributed by atoms with E-state index in [9.17, 15) is 4.79 Å². The first kappa shape index (κ1) is 12.6. The van der Waals surface area contributed by atoms with Gasteiger partial charge < -0.3 is 0 Å². The molecule has 20 heavy (non-hydrogen) atoms. The molecular formula is C19H24O. The molecule has 0 aromatic rings. The molecule has 4 aliphatic carbocycles. The number of hydrogen-bond donors (Lipinski definition) is 0. The molecule has 0 aromatic heterocycles. The molecule has 4 atom stereocenters. The monoisotopic (exact) mass is 268 g/mol. The molecule has 1 saturated carbocycles. The summed E-state index contributed by atoms with van der Waals surface area (Å²) in [5.74, 6) is 2.62. The largest absolute Gasteiger partial charge is 0.295 e. The summed E-state index contributed by atoms with van der Waals surface area (Å²) in [7, 11) is 0. The molecule has 0 aliphatic heterocycles. The van der Waals surface area contributed by atoms with E-state index in [0.717, 1.165) is 30.6 Å². The Bertz CT molecular complexity index is 562. The molecule has 1 fully saturated rings. The van der Waals surface area contributed by atoms with Gasteiger partial charge in [0.15, 0.2) is 5.78 Å². The van der Waals surface area contributed by atoms with Crippen molar-refractivity contribution in [1.82, 2.24) is 0 Å². The van der Waals surface area contributed by atoms with Crippen molar-refractivity contribution in [2.75, 3.05) is 0 Å². The lowest BCUT2D eigenvalue weighted by Crippen LogP contribution is -2.43. The van der Waals surface area contributed by atoms with Gasteiger partial charge in [0.25, 0.3) is 0 Å². The minimum atomic E-state index is 0.259. The lowest BCUT2D eigenvalue weighted by Gasteiger charge is -2.51. The number of carbonyl (C=O) groups excluding carboxylic acids is 1. The van der Waals surface area contributed by atoms with E-state index in [-0.39, 0.29) is 5.41 Å². The van der Waals surface area contributed by atoms with E-state index < -0.39 is 0 Å². The van der Waals surface area contributed by atoms with Crippen LogP contribution in [0.2, 0.25) is 0 Å². The smallest absolute Gasteiger partial charge is 0.156 e. The Morgan fingerprint density at radius 1 is 1.20 bits per heavy atom. The summed E-state index contributed by atoms with van der Waals surface area (Å²) in [4.78, 5) is 11.7. The third kappa shape index (κ3) is 1.58. The zero-order valence-corrected chi connectivity index (χ0v) is 12.6. The van der Waals surface area contributed by atoms with Crippen molar-refractivity contribution in [3.8, 4) is 0 Å². The fraction of sp³-hybridized carbons (Fsp3) is 0.632. The number of hydrogen-bond acceptors (Lipinski definition) is 1. The van der Waals surface area contributed by atoms with E-state index >= 15 is 0 Å². The average molecular weight is 268 g/mol. The molecule has 1 heteroatoms. The zero-order chi connectivity index (χ0) is 13.9. The van der Waals surface area contributed by atoms with Gasteiger partial charge in [-0.15, -0.1) is 0 Å². The van der Waals surface area contributed by atoms with Crippen LogP contribution in [0.5, 0.6) is 0 Å². The van der Waals surface area contributed by atoms with Crippen LogP contribution >= 0.6 is 0 Å². The van der Waals surface area contributed by atoms with Crippen LogP contribution in [0, 0.1) is 23.2 Å². The van der Waals surface area contributed by atoms with Crippen LogP contribution in [0.4, 0.5) is 0 Å². The van der Waals surface area contributed by atoms with Crippen molar-refractivity contribution in [2.45, 2.75) is 52.4 Å². The van der Waals surface area contributed by atoms with E-state index in [4.69, 9.17) is 0 Å². The van der Waals surface area contributed by atoms with Gasteiger partial charge in [-0.05, 0) is 73.8 Å². The van der Waals surface area contributed by atoms with Gasteiger partial charge in [0, 0.05) is 6.42 Å². The summed E-state index contributed by atoms with van der Waals surface area (Å²) in [5.41, 5.74) is 5.03. The van der Waals surface area contributed by atoms with Gasteiger partial charge in [-0.3, -0.25) is 4.79 Å². The molecule has 0 N–H and O–H groups in total. The summed E-state index contributed by atoms with van der Waals surface area (Å²) in [6.45, 7) is 4.76. The number of rotatable bonds is 0. The second-order valence-electron chi connectivity index (χ2n) is 7.52. The maximum atomic E-state index is 11.7. The Morgan fingerprint density at radius 2 is 2.05 bits per heavy atom. The van der Waals surface area contributed by atoms with Crippen LogP contribution in [0.25, 0.3) is 0 Å². The molecule has 0 saturated heterocycles. The van der Waals surface area contributed by atoms with Gasteiger partial charge in [-0.1, -0.05) is 30.2 Å². The fourth-order valence-electron chi connectivity index (χ4n) is 5.43. The predicted octanol–water partition coefficient (Wildman–Crippen LogP) is 4.60. The Labute approximate surface area is 121 Å². The highest BCUT2D eigenvalue weighted by Crippen LogP contribution is 2.59. The summed E-state index contributed by atoms with van der Waals surface area (Å²) >= 11 is 0. The van der Waals surface area contributed by atoms with Crippen LogP contribution in [0.3, 0.4) is 0 Å². The minimum Gasteiger partial charge on any atom is -0.295 e. The van der Waals surface area contributed by atoms with Crippen molar-refractivity contribution in [2.24, 2.45) is 23.2 Å². The quantitative estimate of drug-likeness (QED) is 0.587. The molecular weight excluding hydrogens is 244 g/mol. The number of allylic oxidation sites excluding steroid dienone is 6. The lowest BCUT2D eigenvalue weighted by molar-refractivity contribution is -0.116. The highest BCUT2D eigenvalue weighted by atomic mass is 16.1. The summed E-state index contributed by atoms with van der Waals surface area (Å²) in [5, 5.41) is 0. The summed E-state index contributed by atoms with van der Waals surface area (Å²) in [6, 6.07) is 0. The van der Waals surface area contributed by atoms with Crippen LogP contribution in [0.1, 0.15) is 52.4 Å². The number of carbonyl (C=O) groups is 1. The first-order valence-corrected chi connectivity index (χ1v) is 8.21. The van der Waals surface area contributed by atoms with Crippen molar-refractivity contribution in [1.29, 1.82) is 0 Å². The molecule has 0 bridgehead atoms. The lowest BCUT2D eigenvalue weighted by atomic mass is 9.53. The van der Waals surface area contributed by atoms with Crippen molar-refractivity contribution >= 4 is 5.78 Å². The topological polar surface area (TPSA) is 17.1 Å². The van der Waals surface area contributed by atoms with Crippen molar-refractivity contribution < 1.29 is 4.79 Å². The molecule has 1 nitrogen and oxygen atoms in total. The van der Waals surface area contributed by atoms with Crippen LogP contribution in [0.15, 0.2) is 34.9 Å². The fourth-order valence-corrected chi connectivity index (χ4v) is 5.43. The maximum Gasteiger partial charge on any atom is 0.156 e. The molecule has 3 unspecified atom stereocenters. The standard InChI is InChI=1S/C19H24O/c1-12-3-5-16-15(12)7-8-18-17(16)6-4-13-11-14(20)9-10-19(13,18)2/h4,6,11,16-18H,3,5,7-10H2,1-2H3/t16?,17?,18?,19-/m0/s1. The van der Waals surface area contributed by atoms with Gasteiger partial charge in [0.05, 0.1) is 0 Å². The summed E-state index contributed by atoms with van der Waals surface area (Å²) in [6.07, 6.45) is 13.8. The maximum absolute atomic E-state index is 11.7. The molecule has 0 spiro atoms. The highest BCUT2D eigenvalue weighted by Gasteiger charge is 2.49. The van der Waals surface area contributed by atoms with E-state index in [0.29, 0.717) is 5.78 Å². The Hall–Kier alpha value is -1.11. The molecule has 0 amide bonds. The molecule has 4 rings (SSSR count). The second kappa shape index (κ2) is 4.19. The molecule has 4 aliphatic rings. The summed E-state index contributed by atoms with van der Waals surface area (Å²) < 4.78 is 0. The van der Waals surface area contributed by atoms with Crippen LogP contribution in [-0.2, 0) is 4.79 Å².